The Balaban J connectivity index is 1.54. The number of hydrogen-bond acceptors (Lipinski definition) is 4. The summed E-state index contributed by atoms with van der Waals surface area (Å²) in [5, 5.41) is 12.2. The maximum Gasteiger partial charge on any atom is 0.307 e. The number of carboxylic acid groups (broad SMARTS) is 1. The normalized spacial score (nSPS) is 26.3. The molecule has 3 amide bonds. The number of hydrogen-bond donors (Lipinski definition) is 4. The minimum absolute atomic E-state index is 0.0225. The third-order valence-corrected chi connectivity index (χ3v) is 7.89. The quantitative estimate of drug-likeness (QED) is 0.344. The van der Waals surface area contributed by atoms with E-state index in [0.717, 1.165) is 12.8 Å². The van der Waals surface area contributed by atoms with Gasteiger partial charge in [0.2, 0.25) is 11.8 Å². The van der Waals surface area contributed by atoms with Gasteiger partial charge >= 0.3 is 5.97 Å². The van der Waals surface area contributed by atoms with Crippen molar-refractivity contribution in [1.29, 1.82) is 0 Å². The fraction of sp³-hybridized carbons (Fsp3) is 0.474. The van der Waals surface area contributed by atoms with Gasteiger partial charge in [0.25, 0.3) is 5.91 Å². The summed E-state index contributed by atoms with van der Waals surface area (Å²) in [6.07, 6.45) is 2.46. The summed E-state index contributed by atoms with van der Waals surface area (Å²) in [7, 11) is 0. The lowest BCUT2D eigenvalue weighted by atomic mass is 9.78. The molecule has 2 saturated carbocycles. The highest BCUT2D eigenvalue weighted by Crippen LogP contribution is 2.38. The fourth-order valence-electron chi connectivity index (χ4n) is 3.25. The number of carboxylic acids is 1. The molecule has 156 valence electrons. The zero-order valence-electron chi connectivity index (χ0n) is 15.4. The van der Waals surface area contributed by atoms with Gasteiger partial charge in [0.05, 0.1) is 11.8 Å². The first-order valence-corrected chi connectivity index (χ1v) is 11.1. The molecule has 1 aromatic rings. The summed E-state index contributed by atoms with van der Waals surface area (Å²) in [6, 6.07) is 6.30. The summed E-state index contributed by atoms with van der Waals surface area (Å²) in [5.41, 5.74) is 5.55. The molecule has 3 rings (SSSR count). The SMILES string of the molecule is O=C(NNC(=O)C1CC(Br)C(Br)CC1C(=O)O)c1ccc(NC(=O)C2CC2)cc1. The van der Waals surface area contributed by atoms with Gasteiger partial charge in [-0.1, -0.05) is 31.9 Å². The number of aliphatic carboxylic acids is 1. The van der Waals surface area contributed by atoms with E-state index in [2.05, 4.69) is 48.0 Å². The Hall–Kier alpha value is -1.94. The molecular formula is C19H21Br2N3O5. The Morgan fingerprint density at radius 2 is 1.45 bits per heavy atom. The van der Waals surface area contributed by atoms with Crippen LogP contribution in [-0.4, -0.2) is 38.5 Å². The van der Waals surface area contributed by atoms with Gasteiger partial charge in [0.1, 0.15) is 0 Å². The summed E-state index contributed by atoms with van der Waals surface area (Å²) < 4.78 is 0. The molecule has 0 saturated heterocycles. The van der Waals surface area contributed by atoms with E-state index in [1.54, 1.807) is 12.1 Å². The van der Waals surface area contributed by atoms with E-state index in [1.807, 2.05) is 0 Å². The van der Waals surface area contributed by atoms with Crippen molar-refractivity contribution in [3.8, 4) is 0 Å². The van der Waals surface area contributed by atoms with Crippen LogP contribution < -0.4 is 16.2 Å². The molecule has 2 aliphatic carbocycles. The number of carbonyl (C=O) groups is 4. The maximum atomic E-state index is 12.5. The number of halogens is 2. The topological polar surface area (TPSA) is 125 Å². The van der Waals surface area contributed by atoms with Crippen LogP contribution in [0.2, 0.25) is 0 Å². The second-order valence-corrected chi connectivity index (χ2v) is 9.69. The zero-order valence-corrected chi connectivity index (χ0v) is 18.5. The fourth-order valence-corrected chi connectivity index (χ4v) is 4.49. The number of nitrogens with one attached hydrogen (secondary N) is 3. The third-order valence-electron chi connectivity index (χ3n) is 5.15. The van der Waals surface area contributed by atoms with Gasteiger partial charge in [-0.15, -0.1) is 0 Å². The van der Waals surface area contributed by atoms with Crippen molar-refractivity contribution in [2.24, 2.45) is 17.8 Å². The second kappa shape index (κ2) is 9.25. The zero-order chi connectivity index (χ0) is 21.1. The second-order valence-electron chi connectivity index (χ2n) is 7.34. The van der Waals surface area contributed by atoms with Crippen LogP contribution >= 0.6 is 31.9 Å². The molecular weight excluding hydrogens is 510 g/mol. The predicted molar refractivity (Wildman–Crippen MR) is 113 cm³/mol. The van der Waals surface area contributed by atoms with Crippen LogP contribution in [0.1, 0.15) is 36.0 Å². The number of alkyl halides is 2. The van der Waals surface area contributed by atoms with Crippen LogP contribution in [0.15, 0.2) is 24.3 Å². The van der Waals surface area contributed by atoms with Crippen molar-refractivity contribution in [3.63, 3.8) is 0 Å². The molecule has 0 aliphatic heterocycles. The highest BCUT2D eigenvalue weighted by atomic mass is 79.9. The summed E-state index contributed by atoms with van der Waals surface area (Å²) >= 11 is 6.88. The van der Waals surface area contributed by atoms with Crippen LogP contribution in [0.3, 0.4) is 0 Å². The van der Waals surface area contributed by atoms with E-state index >= 15 is 0 Å². The molecule has 2 fully saturated rings. The molecule has 4 unspecified atom stereocenters. The molecule has 8 nitrogen and oxygen atoms in total. The van der Waals surface area contributed by atoms with Gasteiger partial charge in [0, 0.05) is 26.8 Å². The summed E-state index contributed by atoms with van der Waals surface area (Å²) in [5.74, 6) is -3.64. The van der Waals surface area contributed by atoms with Crippen LogP contribution in [0.5, 0.6) is 0 Å². The van der Waals surface area contributed by atoms with E-state index in [-0.39, 0.29) is 21.5 Å². The number of anilines is 1. The molecule has 4 N–H and O–H groups in total. The van der Waals surface area contributed by atoms with E-state index in [0.29, 0.717) is 24.1 Å². The molecule has 4 atom stereocenters. The minimum Gasteiger partial charge on any atom is -0.481 e. The van der Waals surface area contributed by atoms with Crippen LogP contribution in [0.25, 0.3) is 0 Å². The van der Waals surface area contributed by atoms with E-state index in [9.17, 15) is 24.3 Å². The lowest BCUT2D eigenvalue weighted by molar-refractivity contribution is -0.148. The summed E-state index contributed by atoms with van der Waals surface area (Å²) in [4.78, 5) is 47.9. The average Bonchev–Trinajstić information content (AvgIpc) is 3.53. The van der Waals surface area contributed by atoms with Gasteiger partial charge in [-0.3, -0.25) is 30.0 Å². The summed E-state index contributed by atoms with van der Waals surface area (Å²) in [6.45, 7) is 0. The molecule has 29 heavy (non-hydrogen) atoms. The Morgan fingerprint density at radius 1 is 0.862 bits per heavy atom. The monoisotopic (exact) mass is 529 g/mol. The highest BCUT2D eigenvalue weighted by Gasteiger charge is 2.42. The molecule has 1 aromatic carbocycles. The Labute approximate surface area is 184 Å². The lowest BCUT2D eigenvalue weighted by Crippen LogP contribution is -2.50. The number of amides is 3. The van der Waals surface area contributed by atoms with E-state index in [1.165, 1.54) is 12.1 Å². The molecule has 0 aromatic heterocycles. The van der Waals surface area contributed by atoms with Crippen LogP contribution in [0, 0.1) is 17.8 Å². The first-order chi connectivity index (χ1) is 13.8. The van der Waals surface area contributed by atoms with Crippen LogP contribution in [0.4, 0.5) is 5.69 Å². The predicted octanol–water partition coefficient (Wildman–Crippen LogP) is 2.43. The average molecular weight is 531 g/mol. The largest absolute Gasteiger partial charge is 0.481 e. The highest BCUT2D eigenvalue weighted by molar-refractivity contribution is 9.12. The number of hydrazine groups is 1. The lowest BCUT2D eigenvalue weighted by Gasteiger charge is -2.33. The molecule has 0 heterocycles. The number of rotatable bonds is 5. The molecule has 2 aliphatic rings. The van der Waals surface area contributed by atoms with Crippen molar-refractivity contribution in [3.05, 3.63) is 29.8 Å². The van der Waals surface area contributed by atoms with Crippen LogP contribution in [-0.2, 0) is 14.4 Å². The smallest absolute Gasteiger partial charge is 0.307 e. The molecule has 10 heteroatoms. The Bertz CT molecular complexity index is 813. The Kier molecular flexibility index (Phi) is 6.94. The molecule has 0 spiro atoms. The van der Waals surface area contributed by atoms with Gasteiger partial charge in [-0.25, -0.2) is 0 Å². The van der Waals surface area contributed by atoms with Gasteiger partial charge in [-0.2, -0.15) is 0 Å². The third kappa shape index (κ3) is 5.57. The van der Waals surface area contributed by atoms with Crippen molar-refractivity contribution in [2.75, 3.05) is 5.32 Å². The minimum atomic E-state index is -1.04. The van der Waals surface area contributed by atoms with Crippen molar-refractivity contribution >= 4 is 61.2 Å². The first kappa shape index (κ1) is 21.8. The van der Waals surface area contributed by atoms with E-state index in [4.69, 9.17) is 0 Å². The molecule has 0 radical (unpaired) electrons. The van der Waals surface area contributed by atoms with Crippen molar-refractivity contribution in [1.82, 2.24) is 10.9 Å². The first-order valence-electron chi connectivity index (χ1n) is 9.28. The van der Waals surface area contributed by atoms with E-state index < -0.39 is 29.6 Å². The number of carbonyl (C=O) groups excluding carboxylic acids is 3. The van der Waals surface area contributed by atoms with Gasteiger partial charge in [0.15, 0.2) is 0 Å². The van der Waals surface area contributed by atoms with Gasteiger partial charge in [-0.05, 0) is 49.9 Å². The van der Waals surface area contributed by atoms with Crippen molar-refractivity contribution < 1.29 is 24.3 Å². The maximum absolute atomic E-state index is 12.5. The Morgan fingerprint density at radius 3 is 2.00 bits per heavy atom. The van der Waals surface area contributed by atoms with Crippen molar-refractivity contribution in [2.45, 2.75) is 35.3 Å². The standard InChI is InChI=1S/C19H21Br2N3O5/c20-14-7-12(13(19(28)29)8-15(14)21)18(27)24-23-17(26)10-3-5-11(6-4-10)22-16(25)9-1-2-9/h3-6,9,12-15H,1-2,7-8H2,(H,22,25)(H,23,26)(H,24,27)(H,28,29). The number of benzene rings is 1. The molecule has 0 bridgehead atoms. The van der Waals surface area contributed by atoms with Gasteiger partial charge < -0.3 is 10.4 Å².